The van der Waals surface area contributed by atoms with Crippen molar-refractivity contribution in [2.24, 2.45) is 0 Å². The zero-order valence-electron chi connectivity index (χ0n) is 15.7. The Hall–Kier alpha value is -2.98. The molecular weight excluding hydrogens is 364 g/mol. The summed E-state index contributed by atoms with van der Waals surface area (Å²) in [4.78, 5) is 22.8. The number of carbonyl (C=O) groups is 1. The van der Waals surface area contributed by atoms with E-state index in [-0.39, 0.29) is 5.91 Å². The number of aryl methyl sites for hydroxylation is 2. The summed E-state index contributed by atoms with van der Waals surface area (Å²) in [5.41, 5.74) is 4.73. The molecule has 0 unspecified atom stereocenters. The highest BCUT2D eigenvalue weighted by Crippen LogP contribution is 2.33. The van der Waals surface area contributed by atoms with Crippen molar-refractivity contribution < 1.29 is 4.79 Å². The molecule has 3 heterocycles. The molecule has 0 saturated heterocycles. The summed E-state index contributed by atoms with van der Waals surface area (Å²) < 4.78 is 0. The number of aromatic nitrogens is 1. The lowest BCUT2D eigenvalue weighted by Gasteiger charge is -2.30. The van der Waals surface area contributed by atoms with E-state index in [1.54, 1.807) is 11.3 Å². The van der Waals surface area contributed by atoms with E-state index in [4.69, 9.17) is 4.98 Å². The van der Waals surface area contributed by atoms with Crippen molar-refractivity contribution in [3.8, 4) is 10.6 Å². The number of benzene rings is 2. The van der Waals surface area contributed by atoms with Gasteiger partial charge in [0.1, 0.15) is 0 Å². The molecule has 2 aromatic carbocycles. The monoisotopic (exact) mass is 384 g/mol. The van der Waals surface area contributed by atoms with Gasteiger partial charge in [-0.1, -0.05) is 36.4 Å². The van der Waals surface area contributed by atoms with E-state index in [0.29, 0.717) is 0 Å². The van der Waals surface area contributed by atoms with Gasteiger partial charge >= 0.3 is 0 Å². The summed E-state index contributed by atoms with van der Waals surface area (Å²) in [6, 6.07) is 22.3. The zero-order chi connectivity index (χ0) is 19.1. The van der Waals surface area contributed by atoms with Gasteiger partial charge in [-0.05, 0) is 55.7 Å². The fourth-order valence-corrected chi connectivity index (χ4v) is 4.77. The molecule has 0 spiro atoms. The van der Waals surface area contributed by atoms with E-state index in [2.05, 4.69) is 31.2 Å². The highest BCUT2D eigenvalue weighted by molar-refractivity contribution is 7.15. The first-order valence-electron chi connectivity index (χ1n) is 9.57. The standard InChI is InChI=1S/C24H20N2OS/c1-16-12-13-23(28-16)21-15-19(18-9-3-4-10-20(18)25-21)24(27)26-14-6-8-17-7-2-5-11-22(17)26/h2-5,7,9-13,15H,6,8,14H2,1H3. The number of nitrogens with zero attached hydrogens (tertiary/aromatic N) is 2. The van der Waals surface area contributed by atoms with Gasteiger partial charge in [0, 0.05) is 22.5 Å². The van der Waals surface area contributed by atoms with Crippen LogP contribution in [0, 0.1) is 6.92 Å². The number of hydrogen-bond acceptors (Lipinski definition) is 3. The molecule has 138 valence electrons. The maximum atomic E-state index is 13.7. The number of carbonyl (C=O) groups excluding carboxylic acids is 1. The first-order valence-corrected chi connectivity index (χ1v) is 10.4. The zero-order valence-corrected chi connectivity index (χ0v) is 16.5. The van der Waals surface area contributed by atoms with Crippen LogP contribution in [0.1, 0.15) is 27.2 Å². The van der Waals surface area contributed by atoms with Crippen LogP contribution in [-0.4, -0.2) is 17.4 Å². The quantitative estimate of drug-likeness (QED) is 0.433. The third-order valence-corrected chi connectivity index (χ3v) is 6.32. The summed E-state index contributed by atoms with van der Waals surface area (Å²) in [7, 11) is 0. The molecule has 1 aliphatic heterocycles. The maximum absolute atomic E-state index is 13.7. The molecule has 4 aromatic rings. The minimum atomic E-state index is 0.0558. The van der Waals surface area contributed by atoms with Crippen LogP contribution in [0.15, 0.2) is 66.7 Å². The van der Waals surface area contributed by atoms with E-state index in [1.165, 1.54) is 10.4 Å². The second-order valence-corrected chi connectivity index (χ2v) is 8.46. The molecule has 0 bridgehead atoms. The van der Waals surface area contributed by atoms with Gasteiger partial charge in [-0.2, -0.15) is 0 Å². The van der Waals surface area contributed by atoms with Gasteiger partial charge in [0.2, 0.25) is 0 Å². The predicted octanol–water partition coefficient (Wildman–Crippen LogP) is 5.86. The molecule has 0 aliphatic carbocycles. The third-order valence-electron chi connectivity index (χ3n) is 5.29. The molecule has 28 heavy (non-hydrogen) atoms. The maximum Gasteiger partial charge on any atom is 0.259 e. The summed E-state index contributed by atoms with van der Waals surface area (Å²) in [6.07, 6.45) is 2.01. The van der Waals surface area contributed by atoms with E-state index in [0.717, 1.165) is 52.1 Å². The van der Waals surface area contributed by atoms with Gasteiger partial charge in [0.05, 0.1) is 21.7 Å². The molecule has 1 amide bonds. The smallest absolute Gasteiger partial charge is 0.259 e. The fraction of sp³-hybridized carbons (Fsp3) is 0.167. The summed E-state index contributed by atoms with van der Waals surface area (Å²) in [5.74, 6) is 0.0558. The Balaban J connectivity index is 1.67. The Morgan fingerprint density at radius 1 is 1.04 bits per heavy atom. The van der Waals surface area contributed by atoms with E-state index >= 15 is 0 Å². The summed E-state index contributed by atoms with van der Waals surface area (Å²) >= 11 is 1.71. The second-order valence-electron chi connectivity index (χ2n) is 7.17. The van der Waals surface area contributed by atoms with Gasteiger partial charge in [-0.3, -0.25) is 4.79 Å². The Morgan fingerprint density at radius 2 is 1.86 bits per heavy atom. The Morgan fingerprint density at radius 3 is 2.71 bits per heavy atom. The highest BCUT2D eigenvalue weighted by Gasteiger charge is 2.25. The van der Waals surface area contributed by atoms with Gasteiger partial charge < -0.3 is 4.90 Å². The largest absolute Gasteiger partial charge is 0.308 e. The first kappa shape index (κ1) is 17.1. The minimum Gasteiger partial charge on any atom is -0.308 e. The number of anilines is 1. The molecular formula is C24H20N2OS. The van der Waals surface area contributed by atoms with Gasteiger partial charge in [0.25, 0.3) is 5.91 Å². The van der Waals surface area contributed by atoms with Crippen LogP contribution in [0.4, 0.5) is 5.69 Å². The van der Waals surface area contributed by atoms with Crippen molar-refractivity contribution in [2.45, 2.75) is 19.8 Å². The Bertz CT molecular complexity index is 1190. The van der Waals surface area contributed by atoms with Crippen molar-refractivity contribution in [1.82, 2.24) is 4.98 Å². The molecule has 0 saturated carbocycles. The molecule has 0 N–H and O–H groups in total. The fourth-order valence-electron chi connectivity index (χ4n) is 3.94. The number of fused-ring (bicyclic) bond motifs is 2. The van der Waals surface area contributed by atoms with Crippen LogP contribution in [0.5, 0.6) is 0 Å². The number of hydrogen-bond donors (Lipinski definition) is 0. The molecule has 1 aliphatic rings. The van der Waals surface area contributed by atoms with Gasteiger partial charge in [-0.15, -0.1) is 11.3 Å². The lowest BCUT2D eigenvalue weighted by Crippen LogP contribution is -2.35. The van der Waals surface area contributed by atoms with E-state index < -0.39 is 0 Å². The molecule has 3 nitrogen and oxygen atoms in total. The molecule has 0 radical (unpaired) electrons. The molecule has 0 atom stereocenters. The number of rotatable bonds is 2. The van der Waals surface area contributed by atoms with Crippen molar-refractivity contribution in [3.63, 3.8) is 0 Å². The number of amides is 1. The highest BCUT2D eigenvalue weighted by atomic mass is 32.1. The van der Waals surface area contributed by atoms with E-state index in [1.807, 2.05) is 47.4 Å². The van der Waals surface area contributed by atoms with Crippen LogP contribution >= 0.6 is 11.3 Å². The molecule has 0 fully saturated rings. The van der Waals surface area contributed by atoms with Crippen LogP contribution in [-0.2, 0) is 6.42 Å². The molecule has 4 heteroatoms. The number of para-hydroxylation sites is 2. The van der Waals surface area contributed by atoms with Gasteiger partial charge in [-0.25, -0.2) is 4.98 Å². The van der Waals surface area contributed by atoms with Crippen molar-refractivity contribution in [2.75, 3.05) is 11.4 Å². The summed E-state index contributed by atoms with van der Waals surface area (Å²) in [6.45, 7) is 2.84. The van der Waals surface area contributed by atoms with E-state index in [9.17, 15) is 4.79 Å². The number of thiophene rings is 1. The number of pyridine rings is 1. The van der Waals surface area contributed by atoms with Crippen LogP contribution in [0.25, 0.3) is 21.5 Å². The van der Waals surface area contributed by atoms with Crippen LogP contribution in [0.2, 0.25) is 0 Å². The lowest BCUT2D eigenvalue weighted by molar-refractivity contribution is 0.0986. The Kier molecular flexibility index (Phi) is 4.21. The lowest BCUT2D eigenvalue weighted by atomic mass is 9.99. The SMILES string of the molecule is Cc1ccc(-c2cc(C(=O)N3CCCc4ccccc43)c3ccccc3n2)s1. The van der Waals surface area contributed by atoms with Crippen LogP contribution < -0.4 is 4.90 Å². The van der Waals surface area contributed by atoms with Crippen molar-refractivity contribution in [1.29, 1.82) is 0 Å². The molecule has 2 aromatic heterocycles. The average Bonchev–Trinajstić information content (AvgIpc) is 3.18. The minimum absolute atomic E-state index is 0.0558. The van der Waals surface area contributed by atoms with Crippen molar-refractivity contribution in [3.05, 3.63) is 82.7 Å². The Labute approximate surface area is 168 Å². The van der Waals surface area contributed by atoms with Crippen molar-refractivity contribution >= 4 is 33.8 Å². The second kappa shape index (κ2) is 6.88. The molecule has 5 rings (SSSR count). The predicted molar refractivity (Wildman–Crippen MR) is 116 cm³/mol. The third kappa shape index (κ3) is 2.90. The van der Waals surface area contributed by atoms with Crippen LogP contribution in [0.3, 0.4) is 0 Å². The topological polar surface area (TPSA) is 33.2 Å². The summed E-state index contributed by atoms with van der Waals surface area (Å²) in [5, 5.41) is 0.910. The van der Waals surface area contributed by atoms with Gasteiger partial charge in [0.15, 0.2) is 0 Å². The normalized spacial score (nSPS) is 13.5. The first-order chi connectivity index (χ1) is 13.7. The average molecular weight is 385 g/mol.